The minimum Gasteiger partial charge on any atom is -0.491 e. The summed E-state index contributed by atoms with van der Waals surface area (Å²) in [4.78, 5) is 0. The van der Waals surface area contributed by atoms with Crippen molar-refractivity contribution in [2.75, 3.05) is 6.61 Å². The molecule has 3 rings (SSSR count). The summed E-state index contributed by atoms with van der Waals surface area (Å²) in [6.45, 7) is 1.56. The van der Waals surface area contributed by atoms with Gasteiger partial charge in [-0.25, -0.2) is 0 Å². The van der Waals surface area contributed by atoms with Gasteiger partial charge in [0.1, 0.15) is 5.75 Å². The summed E-state index contributed by atoms with van der Waals surface area (Å²) in [5, 5.41) is 4.79. The molecule has 2 fully saturated rings. The summed E-state index contributed by atoms with van der Waals surface area (Å²) < 4.78 is 5.95. The lowest BCUT2D eigenvalue weighted by Gasteiger charge is -2.26. The molecule has 2 saturated carbocycles. The summed E-state index contributed by atoms with van der Waals surface area (Å²) in [6.07, 6.45) is 6.43. The second-order valence-electron chi connectivity index (χ2n) is 5.64. The summed E-state index contributed by atoms with van der Waals surface area (Å²) in [5.74, 6) is 1.52. The molecule has 4 heteroatoms. The van der Waals surface area contributed by atoms with Crippen molar-refractivity contribution in [3.8, 4) is 5.75 Å². The molecule has 0 spiro atoms. The Labute approximate surface area is 124 Å². The highest BCUT2D eigenvalue weighted by Gasteiger charge is 2.22. The second-order valence-corrected chi connectivity index (χ2v) is 6.48. The van der Waals surface area contributed by atoms with E-state index in [9.17, 15) is 0 Å². The molecule has 19 heavy (non-hydrogen) atoms. The molecule has 0 bridgehead atoms. The van der Waals surface area contributed by atoms with Crippen LogP contribution in [0.1, 0.15) is 37.7 Å². The van der Waals surface area contributed by atoms with Crippen LogP contribution in [0.15, 0.2) is 12.1 Å². The SMILES string of the molecule is Clc1cc(Cl)c(OCC2CCC2)c(CNC2CC2)c1. The predicted octanol–water partition coefficient (Wildman–Crippen LogP) is 4.42. The maximum absolute atomic E-state index is 6.27. The zero-order chi connectivity index (χ0) is 13.2. The lowest BCUT2D eigenvalue weighted by Crippen LogP contribution is -2.21. The van der Waals surface area contributed by atoms with Crippen LogP contribution >= 0.6 is 23.2 Å². The van der Waals surface area contributed by atoms with Crippen LogP contribution in [0.2, 0.25) is 10.0 Å². The zero-order valence-corrected chi connectivity index (χ0v) is 12.4. The Hall–Kier alpha value is -0.440. The summed E-state index contributed by atoms with van der Waals surface area (Å²) in [7, 11) is 0. The summed E-state index contributed by atoms with van der Waals surface area (Å²) >= 11 is 12.4. The molecule has 0 heterocycles. The van der Waals surface area contributed by atoms with E-state index in [-0.39, 0.29) is 0 Å². The first-order chi connectivity index (χ1) is 9.22. The first-order valence-corrected chi connectivity index (χ1v) is 7.82. The van der Waals surface area contributed by atoms with E-state index in [0.29, 0.717) is 22.0 Å². The van der Waals surface area contributed by atoms with Crippen molar-refractivity contribution in [3.05, 3.63) is 27.7 Å². The number of nitrogens with one attached hydrogen (secondary N) is 1. The molecule has 0 saturated heterocycles. The van der Waals surface area contributed by atoms with Gasteiger partial charge in [0.15, 0.2) is 0 Å². The van der Waals surface area contributed by atoms with E-state index in [1.807, 2.05) is 6.07 Å². The molecule has 1 aromatic rings. The Bertz CT molecular complexity index is 456. The van der Waals surface area contributed by atoms with Gasteiger partial charge >= 0.3 is 0 Å². The first-order valence-electron chi connectivity index (χ1n) is 7.06. The number of hydrogen-bond acceptors (Lipinski definition) is 2. The highest BCUT2D eigenvalue weighted by Crippen LogP contribution is 2.35. The Morgan fingerprint density at radius 3 is 2.58 bits per heavy atom. The number of ether oxygens (including phenoxy) is 1. The number of halogens is 2. The average Bonchev–Trinajstić information content (AvgIpc) is 3.10. The fourth-order valence-electron chi connectivity index (χ4n) is 2.31. The second kappa shape index (κ2) is 5.90. The quantitative estimate of drug-likeness (QED) is 0.839. The van der Waals surface area contributed by atoms with Crippen molar-refractivity contribution in [3.63, 3.8) is 0 Å². The van der Waals surface area contributed by atoms with Crippen molar-refractivity contribution in [2.45, 2.75) is 44.7 Å². The minimum atomic E-state index is 0.624. The van der Waals surface area contributed by atoms with Gasteiger partial charge in [-0.1, -0.05) is 29.6 Å². The molecule has 0 unspecified atom stereocenters. The van der Waals surface area contributed by atoms with Gasteiger partial charge in [0, 0.05) is 23.2 Å². The van der Waals surface area contributed by atoms with Crippen molar-refractivity contribution >= 4 is 23.2 Å². The van der Waals surface area contributed by atoms with E-state index in [1.165, 1.54) is 32.1 Å². The molecule has 0 aromatic heterocycles. The molecule has 1 aromatic carbocycles. The minimum absolute atomic E-state index is 0.624. The van der Waals surface area contributed by atoms with Crippen LogP contribution in [0.5, 0.6) is 5.75 Å². The summed E-state index contributed by atoms with van der Waals surface area (Å²) in [6, 6.07) is 4.39. The Kier molecular flexibility index (Phi) is 4.21. The zero-order valence-electron chi connectivity index (χ0n) is 10.9. The standard InChI is InChI=1S/C15H19Cl2NO/c16-12-6-11(8-18-13-4-5-13)15(14(17)7-12)19-9-10-2-1-3-10/h6-7,10,13,18H,1-5,8-9H2. The monoisotopic (exact) mass is 299 g/mol. The highest BCUT2D eigenvalue weighted by atomic mass is 35.5. The molecule has 0 aliphatic heterocycles. The topological polar surface area (TPSA) is 21.3 Å². The van der Waals surface area contributed by atoms with Crippen LogP contribution in [0.4, 0.5) is 0 Å². The van der Waals surface area contributed by atoms with E-state index in [4.69, 9.17) is 27.9 Å². The molecule has 0 radical (unpaired) electrons. The maximum atomic E-state index is 6.27. The molecule has 2 aliphatic carbocycles. The number of benzene rings is 1. The van der Waals surface area contributed by atoms with Gasteiger partial charge in [0.25, 0.3) is 0 Å². The van der Waals surface area contributed by atoms with Gasteiger partial charge in [-0.05, 0) is 43.7 Å². The van der Waals surface area contributed by atoms with Crippen molar-refractivity contribution < 1.29 is 4.74 Å². The first kappa shape index (κ1) is 13.5. The third kappa shape index (κ3) is 3.56. The average molecular weight is 300 g/mol. The molecular formula is C15H19Cl2NO. The van der Waals surface area contributed by atoms with Gasteiger partial charge in [-0.15, -0.1) is 0 Å². The Morgan fingerprint density at radius 1 is 1.16 bits per heavy atom. The van der Waals surface area contributed by atoms with E-state index in [1.54, 1.807) is 6.07 Å². The van der Waals surface area contributed by atoms with Crippen molar-refractivity contribution in [2.24, 2.45) is 5.92 Å². The normalized spacial score (nSPS) is 19.3. The highest BCUT2D eigenvalue weighted by molar-refractivity contribution is 6.35. The van der Waals surface area contributed by atoms with Crippen LogP contribution in [-0.4, -0.2) is 12.6 Å². The van der Waals surface area contributed by atoms with E-state index < -0.39 is 0 Å². The maximum Gasteiger partial charge on any atom is 0.142 e. The lowest BCUT2D eigenvalue weighted by atomic mass is 9.86. The van der Waals surface area contributed by atoms with Crippen molar-refractivity contribution in [1.29, 1.82) is 0 Å². The van der Waals surface area contributed by atoms with E-state index in [0.717, 1.165) is 24.5 Å². The van der Waals surface area contributed by atoms with Gasteiger partial charge in [-0.3, -0.25) is 0 Å². The lowest BCUT2D eigenvalue weighted by molar-refractivity contribution is 0.179. The molecule has 2 aliphatic rings. The van der Waals surface area contributed by atoms with Crippen LogP contribution in [0.25, 0.3) is 0 Å². The fourth-order valence-corrected chi connectivity index (χ4v) is 2.90. The number of hydrogen-bond donors (Lipinski definition) is 1. The molecule has 1 N–H and O–H groups in total. The van der Waals surface area contributed by atoms with E-state index >= 15 is 0 Å². The predicted molar refractivity (Wildman–Crippen MR) is 79.2 cm³/mol. The van der Waals surface area contributed by atoms with Gasteiger partial charge in [-0.2, -0.15) is 0 Å². The van der Waals surface area contributed by atoms with Crippen molar-refractivity contribution in [1.82, 2.24) is 5.32 Å². The molecule has 104 valence electrons. The van der Waals surface area contributed by atoms with Crippen LogP contribution < -0.4 is 10.1 Å². The number of rotatable bonds is 6. The van der Waals surface area contributed by atoms with Crippen LogP contribution in [-0.2, 0) is 6.54 Å². The molecular weight excluding hydrogens is 281 g/mol. The third-order valence-corrected chi connectivity index (χ3v) is 4.43. The van der Waals surface area contributed by atoms with Crippen LogP contribution in [0.3, 0.4) is 0 Å². The molecule has 0 atom stereocenters. The van der Waals surface area contributed by atoms with Gasteiger partial charge < -0.3 is 10.1 Å². The van der Waals surface area contributed by atoms with E-state index in [2.05, 4.69) is 5.32 Å². The largest absolute Gasteiger partial charge is 0.491 e. The Balaban J connectivity index is 1.69. The summed E-state index contributed by atoms with van der Waals surface area (Å²) in [5.41, 5.74) is 1.07. The Morgan fingerprint density at radius 2 is 1.95 bits per heavy atom. The smallest absolute Gasteiger partial charge is 0.142 e. The molecule has 2 nitrogen and oxygen atoms in total. The fraction of sp³-hybridized carbons (Fsp3) is 0.600. The third-order valence-electron chi connectivity index (χ3n) is 3.93. The van der Waals surface area contributed by atoms with Gasteiger partial charge in [0.05, 0.1) is 11.6 Å². The van der Waals surface area contributed by atoms with Gasteiger partial charge in [0.2, 0.25) is 0 Å². The van der Waals surface area contributed by atoms with Crippen LogP contribution in [0, 0.1) is 5.92 Å². The molecule has 0 amide bonds.